The minimum absolute atomic E-state index is 0.0625. The minimum Gasteiger partial charge on any atom is -0.462 e. The number of nitrogens with zero attached hydrogens (tertiary/aromatic N) is 3. The van der Waals surface area contributed by atoms with Crippen molar-refractivity contribution in [2.45, 2.75) is 52.8 Å². The van der Waals surface area contributed by atoms with Crippen molar-refractivity contribution >= 4 is 18.1 Å². The molecule has 1 heterocycles. The summed E-state index contributed by atoms with van der Waals surface area (Å²) in [6.07, 6.45) is 4.13. The number of esters is 1. The van der Waals surface area contributed by atoms with E-state index in [1.165, 1.54) is 35.1 Å². The van der Waals surface area contributed by atoms with Crippen molar-refractivity contribution in [3.05, 3.63) is 44.1 Å². The summed E-state index contributed by atoms with van der Waals surface area (Å²) in [6, 6.07) is -0.571. The SMILES string of the molecule is CCCCN(C)C.CCOC(=O)c1cn(C(C)CO)c2c(c1=O)=CC(F)=C(N(C)CC)C(F)C=2. The van der Waals surface area contributed by atoms with E-state index in [-0.39, 0.29) is 35.0 Å². The van der Waals surface area contributed by atoms with E-state index in [4.69, 9.17) is 4.74 Å². The van der Waals surface area contributed by atoms with Crippen LogP contribution < -0.4 is 16.0 Å². The maximum atomic E-state index is 14.8. The number of carbonyl (C=O) groups is 1. The number of aliphatic hydroxyl groups excluding tert-OH is 1. The molecule has 192 valence electrons. The van der Waals surface area contributed by atoms with Crippen LogP contribution in [-0.2, 0) is 4.74 Å². The van der Waals surface area contributed by atoms with E-state index in [2.05, 4.69) is 25.9 Å². The van der Waals surface area contributed by atoms with Crippen LogP contribution in [0.3, 0.4) is 0 Å². The monoisotopic (exact) mass is 483 g/mol. The molecule has 0 aromatic carbocycles. The molecule has 0 aliphatic heterocycles. The first-order valence-corrected chi connectivity index (χ1v) is 11.7. The van der Waals surface area contributed by atoms with Gasteiger partial charge in [-0.1, -0.05) is 13.3 Å². The molecule has 1 aromatic rings. The Morgan fingerprint density at radius 2 is 1.91 bits per heavy atom. The number of fused-ring (bicyclic) bond motifs is 1. The van der Waals surface area contributed by atoms with Gasteiger partial charge in [0.1, 0.15) is 11.4 Å². The Balaban J connectivity index is 0.000000718. The van der Waals surface area contributed by atoms with Crippen LogP contribution in [0.15, 0.2) is 22.5 Å². The largest absolute Gasteiger partial charge is 0.462 e. The summed E-state index contributed by atoms with van der Waals surface area (Å²) in [5.41, 5.74) is -1.24. The van der Waals surface area contributed by atoms with Crippen molar-refractivity contribution in [2.24, 2.45) is 0 Å². The van der Waals surface area contributed by atoms with E-state index in [1.807, 2.05) is 0 Å². The molecule has 1 aliphatic rings. The van der Waals surface area contributed by atoms with Gasteiger partial charge in [0, 0.05) is 25.0 Å². The highest BCUT2D eigenvalue weighted by Crippen LogP contribution is 2.20. The zero-order valence-electron chi connectivity index (χ0n) is 21.4. The van der Waals surface area contributed by atoms with E-state index in [1.54, 1.807) is 27.8 Å². The highest BCUT2D eigenvalue weighted by Gasteiger charge is 2.24. The van der Waals surface area contributed by atoms with Gasteiger partial charge in [-0.05, 0) is 60.0 Å². The lowest BCUT2D eigenvalue weighted by molar-refractivity contribution is 0.0523. The molecule has 7 nitrogen and oxygen atoms in total. The Kier molecular flexibility index (Phi) is 12.2. The number of carbonyl (C=O) groups excluding carboxylic acids is 1. The third-order valence-corrected chi connectivity index (χ3v) is 5.47. The number of alkyl halides is 1. The second-order valence-corrected chi connectivity index (χ2v) is 8.45. The fraction of sp³-hybridized carbons (Fsp3) is 0.600. The molecule has 2 unspecified atom stereocenters. The van der Waals surface area contributed by atoms with E-state index in [9.17, 15) is 23.5 Å². The molecule has 0 amide bonds. The van der Waals surface area contributed by atoms with Crippen LogP contribution in [0.4, 0.5) is 8.78 Å². The van der Waals surface area contributed by atoms with Crippen LogP contribution >= 0.6 is 0 Å². The van der Waals surface area contributed by atoms with Gasteiger partial charge in [-0.2, -0.15) is 0 Å². The summed E-state index contributed by atoms with van der Waals surface area (Å²) in [7, 11) is 5.76. The molecule has 0 bridgehead atoms. The first kappa shape index (κ1) is 29.5. The molecule has 0 saturated carbocycles. The summed E-state index contributed by atoms with van der Waals surface area (Å²) in [6.45, 7) is 8.53. The molecule has 2 rings (SSSR count). The molecule has 0 radical (unpaired) electrons. The predicted molar refractivity (Wildman–Crippen MR) is 131 cm³/mol. The fourth-order valence-corrected chi connectivity index (χ4v) is 3.38. The molecular formula is C25H39F2N3O4. The van der Waals surface area contributed by atoms with Gasteiger partial charge in [0.25, 0.3) is 0 Å². The Labute approximate surface area is 200 Å². The molecule has 1 aliphatic carbocycles. The number of pyridine rings is 1. The fourth-order valence-electron chi connectivity index (χ4n) is 3.38. The smallest absolute Gasteiger partial charge is 0.343 e. The maximum Gasteiger partial charge on any atom is 0.343 e. The summed E-state index contributed by atoms with van der Waals surface area (Å²) in [4.78, 5) is 28.6. The van der Waals surface area contributed by atoms with E-state index >= 15 is 0 Å². The molecular weight excluding hydrogens is 444 g/mol. The summed E-state index contributed by atoms with van der Waals surface area (Å²) in [5, 5.41) is 9.49. The first-order valence-electron chi connectivity index (χ1n) is 11.7. The van der Waals surface area contributed by atoms with Crippen molar-refractivity contribution < 1.29 is 23.4 Å². The quantitative estimate of drug-likeness (QED) is 0.542. The number of aliphatic hydroxyl groups is 1. The second kappa shape index (κ2) is 14.0. The Hall–Kier alpha value is -2.52. The minimum atomic E-state index is -1.79. The number of unbranched alkanes of at least 4 members (excludes halogenated alkanes) is 1. The van der Waals surface area contributed by atoms with Gasteiger partial charge in [-0.3, -0.25) is 4.79 Å². The van der Waals surface area contributed by atoms with Crippen LogP contribution in [0.5, 0.6) is 0 Å². The standard InChI is InChI=1S/C19H24F2N2O4.C6H15N/c1-5-22(4)17-14(20)7-12-16(8-15(17)21)23(11(3)10-24)9-13(18(12)25)19(26)27-6-2;1-4-5-6-7(2)3/h7-9,11,15,24H,5-6,10H2,1-4H3;4-6H2,1-3H3. The topological polar surface area (TPSA) is 75.0 Å². The van der Waals surface area contributed by atoms with E-state index in [0.717, 1.165) is 12.2 Å². The van der Waals surface area contributed by atoms with Crippen LogP contribution in [0.1, 0.15) is 56.9 Å². The van der Waals surface area contributed by atoms with Gasteiger partial charge in [0.2, 0.25) is 5.43 Å². The highest BCUT2D eigenvalue weighted by atomic mass is 19.1. The molecule has 0 spiro atoms. The van der Waals surface area contributed by atoms with Crippen molar-refractivity contribution in [2.75, 3.05) is 47.4 Å². The lowest BCUT2D eigenvalue weighted by Gasteiger charge is -2.22. The van der Waals surface area contributed by atoms with E-state index in [0.29, 0.717) is 6.54 Å². The third kappa shape index (κ3) is 7.50. The number of rotatable bonds is 9. The van der Waals surface area contributed by atoms with E-state index < -0.39 is 29.4 Å². The van der Waals surface area contributed by atoms with Gasteiger partial charge >= 0.3 is 5.97 Å². The number of hydrogen-bond donors (Lipinski definition) is 1. The molecule has 2 atom stereocenters. The lowest BCUT2D eigenvalue weighted by Crippen LogP contribution is -2.49. The number of allylic oxidation sites excluding steroid dienone is 2. The van der Waals surface area contributed by atoms with Crippen molar-refractivity contribution in [3.8, 4) is 0 Å². The van der Waals surface area contributed by atoms with Gasteiger partial charge in [0.05, 0.1) is 30.3 Å². The second-order valence-electron chi connectivity index (χ2n) is 8.45. The Morgan fingerprint density at radius 1 is 1.26 bits per heavy atom. The Morgan fingerprint density at radius 3 is 2.38 bits per heavy atom. The maximum absolute atomic E-state index is 14.8. The van der Waals surface area contributed by atoms with Crippen LogP contribution in [0.25, 0.3) is 12.2 Å². The zero-order valence-corrected chi connectivity index (χ0v) is 21.4. The van der Waals surface area contributed by atoms with Gasteiger partial charge in [-0.25, -0.2) is 13.6 Å². The summed E-state index contributed by atoms with van der Waals surface area (Å²) in [5.74, 6) is -1.74. The van der Waals surface area contributed by atoms with Crippen molar-refractivity contribution in [1.29, 1.82) is 0 Å². The van der Waals surface area contributed by atoms with Crippen LogP contribution in [-0.4, -0.2) is 79.1 Å². The Bertz CT molecular complexity index is 1030. The lowest BCUT2D eigenvalue weighted by atomic mass is 10.1. The highest BCUT2D eigenvalue weighted by molar-refractivity contribution is 5.89. The number of halogens is 2. The molecule has 0 fully saturated rings. The molecule has 0 saturated heterocycles. The van der Waals surface area contributed by atoms with Crippen molar-refractivity contribution in [3.63, 3.8) is 0 Å². The normalized spacial score (nSPS) is 15.9. The zero-order chi connectivity index (χ0) is 26.0. The first-order chi connectivity index (χ1) is 16.0. The number of aromatic nitrogens is 1. The molecule has 1 N–H and O–H groups in total. The third-order valence-electron chi connectivity index (χ3n) is 5.47. The molecule has 9 heteroatoms. The molecule has 1 aromatic heterocycles. The average Bonchev–Trinajstić information content (AvgIpc) is 2.92. The van der Waals surface area contributed by atoms with Gasteiger partial charge < -0.3 is 24.2 Å². The van der Waals surface area contributed by atoms with Gasteiger partial charge in [0.15, 0.2) is 6.17 Å². The van der Waals surface area contributed by atoms with Crippen LogP contribution in [0.2, 0.25) is 0 Å². The average molecular weight is 484 g/mol. The molecule has 34 heavy (non-hydrogen) atoms. The number of ether oxygens (including phenoxy) is 1. The summed E-state index contributed by atoms with van der Waals surface area (Å²) >= 11 is 0. The predicted octanol–water partition coefficient (Wildman–Crippen LogP) is 1.97. The van der Waals surface area contributed by atoms with Gasteiger partial charge in [-0.15, -0.1) is 0 Å². The summed E-state index contributed by atoms with van der Waals surface area (Å²) < 4.78 is 35.9. The van der Waals surface area contributed by atoms with Crippen molar-refractivity contribution in [1.82, 2.24) is 14.4 Å². The number of hydrogen-bond acceptors (Lipinski definition) is 6. The van der Waals surface area contributed by atoms with Crippen LogP contribution in [0, 0.1) is 0 Å².